The molecule has 4 heteroatoms. The molecule has 0 radical (unpaired) electrons. The Labute approximate surface area is 63.3 Å². The van der Waals surface area contributed by atoms with Gasteiger partial charge in [-0.05, 0) is 18.2 Å². The maximum absolute atomic E-state index is 12.7. The molecule has 0 bridgehead atoms. The van der Waals surface area contributed by atoms with Crippen LogP contribution in [-0.4, -0.2) is 5.84 Å². The third-order valence-corrected chi connectivity index (χ3v) is 1.28. The van der Waals surface area contributed by atoms with Crippen LogP contribution >= 0.6 is 0 Å². The molecule has 11 heavy (non-hydrogen) atoms. The Morgan fingerprint density at radius 2 is 2.09 bits per heavy atom. The molecule has 0 fully saturated rings. The predicted molar refractivity (Wildman–Crippen MR) is 41.8 cm³/mol. The van der Waals surface area contributed by atoms with Gasteiger partial charge in [-0.3, -0.25) is 5.41 Å². The van der Waals surface area contributed by atoms with Gasteiger partial charge in [0.05, 0.1) is 5.56 Å². The number of hydrogen-bond donors (Lipinski definition) is 3. The molecule has 0 saturated heterocycles. The molecule has 5 N–H and O–H groups in total. The molecule has 0 saturated carbocycles. The SMILES string of the molecule is N=C(N)c1cc(N)ccc1F. The summed E-state index contributed by atoms with van der Waals surface area (Å²) in [5.41, 5.74) is 10.9. The summed E-state index contributed by atoms with van der Waals surface area (Å²) in [7, 11) is 0. The summed E-state index contributed by atoms with van der Waals surface area (Å²) < 4.78 is 12.7. The zero-order chi connectivity index (χ0) is 8.43. The van der Waals surface area contributed by atoms with Crippen molar-refractivity contribution in [2.24, 2.45) is 5.73 Å². The van der Waals surface area contributed by atoms with E-state index in [0.717, 1.165) is 0 Å². The second-order valence-corrected chi connectivity index (χ2v) is 2.15. The first-order valence-electron chi connectivity index (χ1n) is 3.00. The highest BCUT2D eigenvalue weighted by Gasteiger charge is 2.03. The molecule has 0 spiro atoms. The van der Waals surface area contributed by atoms with Crippen LogP contribution in [0.25, 0.3) is 0 Å². The fourth-order valence-corrected chi connectivity index (χ4v) is 0.749. The zero-order valence-electron chi connectivity index (χ0n) is 5.76. The van der Waals surface area contributed by atoms with E-state index in [9.17, 15) is 4.39 Å². The molecule has 0 amide bonds. The third kappa shape index (κ3) is 1.46. The van der Waals surface area contributed by atoms with Gasteiger partial charge in [-0.15, -0.1) is 0 Å². The highest BCUT2D eigenvalue weighted by molar-refractivity contribution is 5.95. The van der Waals surface area contributed by atoms with Gasteiger partial charge in [-0.25, -0.2) is 4.39 Å². The van der Waals surface area contributed by atoms with Crippen molar-refractivity contribution in [3.05, 3.63) is 29.6 Å². The van der Waals surface area contributed by atoms with E-state index in [2.05, 4.69) is 0 Å². The number of anilines is 1. The first-order valence-corrected chi connectivity index (χ1v) is 3.00. The maximum atomic E-state index is 12.7. The Morgan fingerprint density at radius 1 is 1.45 bits per heavy atom. The number of nitrogens with one attached hydrogen (secondary N) is 1. The van der Waals surface area contributed by atoms with Crippen molar-refractivity contribution in [3.63, 3.8) is 0 Å². The lowest BCUT2D eigenvalue weighted by molar-refractivity contribution is 0.625. The fraction of sp³-hybridized carbons (Fsp3) is 0. The fourth-order valence-electron chi connectivity index (χ4n) is 0.749. The molecule has 0 aromatic heterocycles. The molecule has 1 aromatic rings. The first-order chi connectivity index (χ1) is 5.11. The largest absolute Gasteiger partial charge is 0.399 e. The normalized spacial score (nSPS) is 9.55. The van der Waals surface area contributed by atoms with Crippen molar-refractivity contribution in [1.29, 1.82) is 5.41 Å². The van der Waals surface area contributed by atoms with Crippen LogP contribution in [0.2, 0.25) is 0 Å². The van der Waals surface area contributed by atoms with Crippen LogP contribution < -0.4 is 11.5 Å². The van der Waals surface area contributed by atoms with Crippen LogP contribution in [0, 0.1) is 11.2 Å². The molecular weight excluding hydrogens is 145 g/mol. The van der Waals surface area contributed by atoms with Gasteiger partial charge in [-0.1, -0.05) is 0 Å². The van der Waals surface area contributed by atoms with Gasteiger partial charge >= 0.3 is 0 Å². The number of nitrogens with two attached hydrogens (primary N) is 2. The summed E-state index contributed by atoms with van der Waals surface area (Å²) in [5, 5.41) is 6.96. The van der Waals surface area contributed by atoms with Crippen molar-refractivity contribution in [2.75, 3.05) is 5.73 Å². The Morgan fingerprint density at radius 3 is 2.55 bits per heavy atom. The molecule has 1 rings (SSSR count). The Balaban J connectivity index is 3.23. The van der Waals surface area contributed by atoms with Gasteiger partial charge in [0.25, 0.3) is 0 Å². The molecule has 58 valence electrons. The van der Waals surface area contributed by atoms with Gasteiger partial charge in [0.1, 0.15) is 11.7 Å². The molecular formula is C7H8FN3. The van der Waals surface area contributed by atoms with E-state index in [-0.39, 0.29) is 11.4 Å². The minimum Gasteiger partial charge on any atom is -0.399 e. The molecule has 0 atom stereocenters. The Hall–Kier alpha value is -1.58. The van der Waals surface area contributed by atoms with E-state index in [4.69, 9.17) is 16.9 Å². The number of nitrogen functional groups attached to an aromatic ring is 2. The van der Waals surface area contributed by atoms with Crippen molar-refractivity contribution in [2.45, 2.75) is 0 Å². The van der Waals surface area contributed by atoms with E-state index in [0.29, 0.717) is 5.69 Å². The third-order valence-electron chi connectivity index (χ3n) is 1.28. The van der Waals surface area contributed by atoms with E-state index in [1.807, 2.05) is 0 Å². The van der Waals surface area contributed by atoms with Crippen LogP contribution in [-0.2, 0) is 0 Å². The monoisotopic (exact) mass is 153 g/mol. The quantitative estimate of drug-likeness (QED) is 0.315. The average molecular weight is 153 g/mol. The average Bonchev–Trinajstić information content (AvgIpc) is 1.94. The van der Waals surface area contributed by atoms with Crippen molar-refractivity contribution in [3.8, 4) is 0 Å². The summed E-state index contributed by atoms with van der Waals surface area (Å²) in [4.78, 5) is 0. The highest BCUT2D eigenvalue weighted by Crippen LogP contribution is 2.10. The van der Waals surface area contributed by atoms with Crippen LogP contribution in [0.1, 0.15) is 5.56 Å². The number of hydrogen-bond acceptors (Lipinski definition) is 2. The van der Waals surface area contributed by atoms with Crippen LogP contribution in [0.3, 0.4) is 0 Å². The highest BCUT2D eigenvalue weighted by atomic mass is 19.1. The second-order valence-electron chi connectivity index (χ2n) is 2.15. The Bertz CT molecular complexity index is 296. The zero-order valence-corrected chi connectivity index (χ0v) is 5.76. The van der Waals surface area contributed by atoms with E-state index < -0.39 is 5.82 Å². The van der Waals surface area contributed by atoms with Gasteiger partial charge in [0.15, 0.2) is 0 Å². The van der Waals surface area contributed by atoms with E-state index >= 15 is 0 Å². The minimum atomic E-state index is -0.522. The van der Waals surface area contributed by atoms with Crippen molar-refractivity contribution >= 4 is 11.5 Å². The number of rotatable bonds is 1. The van der Waals surface area contributed by atoms with Gasteiger partial charge in [-0.2, -0.15) is 0 Å². The standard InChI is InChI=1S/C7H8FN3/c8-6-2-1-4(9)3-5(6)7(10)11/h1-3H,9H2,(H3,10,11). The number of halogens is 1. The summed E-state index contributed by atoms with van der Waals surface area (Å²) in [6.07, 6.45) is 0. The summed E-state index contributed by atoms with van der Waals surface area (Å²) >= 11 is 0. The van der Waals surface area contributed by atoms with Crippen molar-refractivity contribution in [1.82, 2.24) is 0 Å². The number of benzene rings is 1. The van der Waals surface area contributed by atoms with Gasteiger partial charge in [0, 0.05) is 5.69 Å². The smallest absolute Gasteiger partial charge is 0.134 e. The van der Waals surface area contributed by atoms with E-state index in [1.54, 1.807) is 0 Å². The molecule has 0 heterocycles. The molecule has 1 aromatic carbocycles. The molecule has 0 aliphatic rings. The van der Waals surface area contributed by atoms with Crippen LogP contribution in [0.5, 0.6) is 0 Å². The molecule has 0 unspecified atom stereocenters. The lowest BCUT2D eigenvalue weighted by atomic mass is 10.2. The summed E-state index contributed by atoms with van der Waals surface area (Å²) in [6.45, 7) is 0. The topological polar surface area (TPSA) is 75.9 Å². The van der Waals surface area contributed by atoms with Crippen molar-refractivity contribution < 1.29 is 4.39 Å². The maximum Gasteiger partial charge on any atom is 0.134 e. The van der Waals surface area contributed by atoms with Gasteiger partial charge < -0.3 is 11.5 Å². The first kappa shape index (κ1) is 7.53. The summed E-state index contributed by atoms with van der Waals surface area (Å²) in [5.74, 6) is -0.832. The number of amidine groups is 1. The van der Waals surface area contributed by atoms with Crippen LogP contribution in [0.15, 0.2) is 18.2 Å². The lowest BCUT2D eigenvalue weighted by Gasteiger charge is -2.00. The van der Waals surface area contributed by atoms with E-state index in [1.165, 1.54) is 18.2 Å². The predicted octanol–water partition coefficient (Wildman–Crippen LogP) is 0.692. The second kappa shape index (κ2) is 2.57. The van der Waals surface area contributed by atoms with Gasteiger partial charge in [0.2, 0.25) is 0 Å². The Kier molecular flexibility index (Phi) is 1.76. The summed E-state index contributed by atoms with van der Waals surface area (Å²) in [6, 6.07) is 3.94. The molecule has 0 aliphatic carbocycles. The molecule has 3 nitrogen and oxygen atoms in total. The lowest BCUT2D eigenvalue weighted by Crippen LogP contribution is -2.13. The molecule has 0 aliphatic heterocycles. The minimum absolute atomic E-state index is 0.0463. The van der Waals surface area contributed by atoms with Crippen LogP contribution in [0.4, 0.5) is 10.1 Å².